The summed E-state index contributed by atoms with van der Waals surface area (Å²) in [5.74, 6) is -1.39. The molecule has 182 valence electrons. The van der Waals surface area contributed by atoms with E-state index in [9.17, 15) is 14.0 Å². The number of rotatable bonds is 9. The second-order valence-corrected chi connectivity index (χ2v) is 8.41. The van der Waals surface area contributed by atoms with Crippen LogP contribution in [0.25, 0.3) is 23.2 Å². The number of nitrogens with zero attached hydrogens (tertiary/aromatic N) is 2. The SMILES string of the molecule is CC(C)c1nc(-c2ccccc2)n(-c2ccc(F)cc2)c1/C=C/COc1ccc(C(=O)C(=O)O)cc1. The van der Waals surface area contributed by atoms with Crippen molar-refractivity contribution < 1.29 is 23.8 Å². The Bertz CT molecular complexity index is 1390. The Hall–Kier alpha value is -4.52. The molecule has 0 aliphatic heterocycles. The van der Waals surface area contributed by atoms with Gasteiger partial charge in [0.1, 0.15) is 24.0 Å². The lowest BCUT2D eigenvalue weighted by Gasteiger charge is -2.12. The van der Waals surface area contributed by atoms with Gasteiger partial charge in [-0.2, -0.15) is 0 Å². The number of halogens is 1. The summed E-state index contributed by atoms with van der Waals surface area (Å²) in [4.78, 5) is 27.3. The molecule has 0 atom stereocenters. The van der Waals surface area contributed by atoms with Gasteiger partial charge in [0.05, 0.1) is 11.4 Å². The predicted octanol–water partition coefficient (Wildman–Crippen LogP) is 6.16. The third-order valence-corrected chi connectivity index (χ3v) is 5.54. The molecule has 0 unspecified atom stereocenters. The molecule has 4 aromatic rings. The number of carbonyl (C=O) groups is 2. The molecule has 0 fully saturated rings. The van der Waals surface area contributed by atoms with Crippen molar-refractivity contribution in [1.29, 1.82) is 0 Å². The predicted molar refractivity (Wildman–Crippen MR) is 136 cm³/mol. The molecule has 3 aromatic carbocycles. The molecule has 0 radical (unpaired) electrons. The van der Waals surface area contributed by atoms with Gasteiger partial charge in [-0.15, -0.1) is 0 Å². The summed E-state index contributed by atoms with van der Waals surface area (Å²) in [6.45, 7) is 4.37. The first kappa shape index (κ1) is 24.6. The van der Waals surface area contributed by atoms with Crippen molar-refractivity contribution in [2.24, 2.45) is 0 Å². The van der Waals surface area contributed by atoms with Crippen LogP contribution < -0.4 is 4.74 Å². The van der Waals surface area contributed by atoms with E-state index in [0.717, 1.165) is 28.5 Å². The summed E-state index contributed by atoms with van der Waals surface area (Å²) >= 11 is 0. The molecule has 0 aliphatic carbocycles. The van der Waals surface area contributed by atoms with Gasteiger partial charge in [-0.05, 0) is 66.6 Å². The van der Waals surface area contributed by atoms with Gasteiger partial charge in [0.25, 0.3) is 5.78 Å². The van der Waals surface area contributed by atoms with Crippen LogP contribution in [0.5, 0.6) is 5.75 Å². The van der Waals surface area contributed by atoms with E-state index in [2.05, 4.69) is 13.8 Å². The quantitative estimate of drug-likeness (QED) is 0.227. The number of ether oxygens (including phenoxy) is 1. The Kier molecular flexibility index (Phi) is 7.39. The minimum atomic E-state index is -1.50. The van der Waals surface area contributed by atoms with Crippen LogP contribution >= 0.6 is 0 Å². The van der Waals surface area contributed by atoms with Crippen molar-refractivity contribution in [3.05, 3.63) is 108 Å². The molecule has 6 nitrogen and oxygen atoms in total. The van der Waals surface area contributed by atoms with Gasteiger partial charge in [-0.25, -0.2) is 14.2 Å². The van der Waals surface area contributed by atoms with Crippen LogP contribution in [-0.4, -0.2) is 33.0 Å². The van der Waals surface area contributed by atoms with Crippen molar-refractivity contribution in [2.75, 3.05) is 6.61 Å². The number of carboxylic acid groups (broad SMARTS) is 1. The Balaban J connectivity index is 1.65. The molecule has 0 spiro atoms. The molecule has 1 N–H and O–H groups in total. The zero-order valence-corrected chi connectivity index (χ0v) is 19.9. The number of ketones is 1. The van der Waals surface area contributed by atoms with E-state index in [1.807, 2.05) is 47.1 Å². The maximum Gasteiger partial charge on any atom is 0.377 e. The number of carbonyl (C=O) groups excluding carboxylic acids is 1. The summed E-state index contributed by atoms with van der Waals surface area (Å²) in [5, 5.41) is 8.82. The van der Waals surface area contributed by atoms with E-state index < -0.39 is 11.8 Å². The second kappa shape index (κ2) is 10.8. The molecule has 0 aliphatic rings. The van der Waals surface area contributed by atoms with Crippen LogP contribution in [0.15, 0.2) is 84.9 Å². The van der Waals surface area contributed by atoms with Crippen LogP contribution in [-0.2, 0) is 4.79 Å². The molecular formula is C29H25FN2O4. The number of Topliss-reactive ketones (excluding diaryl/α,β-unsaturated/α-hetero) is 1. The van der Waals surface area contributed by atoms with E-state index in [1.165, 1.54) is 24.3 Å². The summed E-state index contributed by atoms with van der Waals surface area (Å²) in [7, 11) is 0. The molecule has 1 heterocycles. The molecule has 0 saturated carbocycles. The molecule has 0 bridgehead atoms. The lowest BCUT2D eigenvalue weighted by molar-refractivity contribution is -0.131. The van der Waals surface area contributed by atoms with Crippen LogP contribution in [0.4, 0.5) is 4.39 Å². The lowest BCUT2D eigenvalue weighted by atomic mass is 10.1. The Morgan fingerprint density at radius 2 is 1.67 bits per heavy atom. The summed E-state index contributed by atoms with van der Waals surface area (Å²) in [5.41, 5.74) is 3.57. The maximum absolute atomic E-state index is 13.7. The minimum absolute atomic E-state index is 0.0867. The third kappa shape index (κ3) is 5.41. The average molecular weight is 485 g/mol. The first-order valence-corrected chi connectivity index (χ1v) is 11.5. The van der Waals surface area contributed by atoms with E-state index in [4.69, 9.17) is 14.8 Å². The monoisotopic (exact) mass is 484 g/mol. The molecule has 0 saturated heterocycles. The standard InChI is InChI=1S/C29H25FN2O4/c1-19(2)26-25(9-6-18-36-24-16-10-20(11-17-24)27(33)29(34)35)32(23-14-12-22(30)13-15-23)28(31-26)21-7-4-3-5-8-21/h3-17,19H,18H2,1-2H3,(H,34,35)/b9-6+. The zero-order chi connectivity index (χ0) is 25.7. The van der Waals surface area contributed by atoms with Crippen molar-refractivity contribution >= 4 is 17.8 Å². The summed E-state index contributed by atoms with van der Waals surface area (Å²) < 4.78 is 21.4. The van der Waals surface area contributed by atoms with Crippen LogP contribution in [0.2, 0.25) is 0 Å². The molecule has 1 aromatic heterocycles. The molecule has 0 amide bonds. The first-order valence-electron chi connectivity index (χ1n) is 11.5. The number of carboxylic acids is 1. The Labute approximate surface area is 208 Å². The van der Waals surface area contributed by atoms with Gasteiger partial charge in [0, 0.05) is 16.8 Å². The third-order valence-electron chi connectivity index (χ3n) is 5.54. The first-order chi connectivity index (χ1) is 17.3. The van der Waals surface area contributed by atoms with E-state index in [-0.39, 0.29) is 23.9 Å². The van der Waals surface area contributed by atoms with Crippen molar-refractivity contribution in [1.82, 2.24) is 9.55 Å². The largest absolute Gasteiger partial charge is 0.490 e. The summed E-state index contributed by atoms with van der Waals surface area (Å²) in [6, 6.07) is 22.1. The zero-order valence-electron chi connectivity index (χ0n) is 19.9. The second-order valence-electron chi connectivity index (χ2n) is 8.41. The van der Waals surface area contributed by atoms with Gasteiger partial charge in [0.2, 0.25) is 0 Å². The number of imidazole rings is 1. The lowest BCUT2D eigenvalue weighted by Crippen LogP contribution is -2.12. The fourth-order valence-corrected chi connectivity index (χ4v) is 3.80. The van der Waals surface area contributed by atoms with Gasteiger partial charge in [0.15, 0.2) is 0 Å². The smallest absolute Gasteiger partial charge is 0.377 e. The number of benzene rings is 3. The Morgan fingerprint density at radius 1 is 1.00 bits per heavy atom. The van der Waals surface area contributed by atoms with Gasteiger partial charge in [-0.3, -0.25) is 9.36 Å². The van der Waals surface area contributed by atoms with Crippen LogP contribution in [0.1, 0.15) is 41.5 Å². The van der Waals surface area contributed by atoms with E-state index in [1.54, 1.807) is 24.3 Å². The molecule has 4 rings (SSSR count). The van der Waals surface area contributed by atoms with E-state index >= 15 is 0 Å². The highest BCUT2D eigenvalue weighted by atomic mass is 19.1. The molecule has 7 heteroatoms. The highest BCUT2D eigenvalue weighted by molar-refractivity contribution is 6.39. The minimum Gasteiger partial charge on any atom is -0.490 e. The van der Waals surface area contributed by atoms with Crippen molar-refractivity contribution in [3.63, 3.8) is 0 Å². The highest BCUT2D eigenvalue weighted by Gasteiger charge is 2.20. The Morgan fingerprint density at radius 3 is 2.28 bits per heavy atom. The fourth-order valence-electron chi connectivity index (χ4n) is 3.80. The average Bonchev–Trinajstić information content (AvgIpc) is 3.27. The molecular weight excluding hydrogens is 459 g/mol. The number of aliphatic carboxylic acids is 1. The van der Waals surface area contributed by atoms with Gasteiger partial charge >= 0.3 is 5.97 Å². The molecule has 36 heavy (non-hydrogen) atoms. The van der Waals surface area contributed by atoms with Gasteiger partial charge in [-0.1, -0.05) is 44.2 Å². The van der Waals surface area contributed by atoms with Crippen LogP contribution in [0.3, 0.4) is 0 Å². The number of aromatic nitrogens is 2. The highest BCUT2D eigenvalue weighted by Crippen LogP contribution is 2.31. The summed E-state index contributed by atoms with van der Waals surface area (Å²) in [6.07, 6.45) is 3.79. The number of hydrogen-bond acceptors (Lipinski definition) is 4. The fraction of sp³-hybridized carbons (Fsp3) is 0.138. The maximum atomic E-state index is 13.7. The normalized spacial score (nSPS) is 11.2. The van der Waals surface area contributed by atoms with Crippen molar-refractivity contribution in [3.8, 4) is 22.8 Å². The topological polar surface area (TPSA) is 81.4 Å². The number of hydrogen-bond donors (Lipinski definition) is 1. The van der Waals surface area contributed by atoms with Crippen molar-refractivity contribution in [2.45, 2.75) is 19.8 Å². The van der Waals surface area contributed by atoms with E-state index in [0.29, 0.717) is 5.75 Å². The van der Waals surface area contributed by atoms with Crippen LogP contribution in [0, 0.1) is 5.82 Å². The van der Waals surface area contributed by atoms with Gasteiger partial charge < -0.3 is 9.84 Å².